The fourth-order valence-electron chi connectivity index (χ4n) is 18.3. The number of hydrogen-bond acceptors (Lipinski definition) is 4. The van der Waals surface area contributed by atoms with Gasteiger partial charge in [-0.1, -0.05) is 178 Å². The van der Waals surface area contributed by atoms with E-state index in [2.05, 4.69) is 261 Å². The second kappa shape index (κ2) is 17.9. The van der Waals surface area contributed by atoms with Crippen molar-refractivity contribution in [3.05, 3.63) is 171 Å². The number of furan rings is 1. The molecule has 0 radical (unpaired) electrons. The molecule has 4 nitrogen and oxygen atoms in total. The molecule has 8 aromatic rings. The summed E-state index contributed by atoms with van der Waals surface area (Å²) in [4.78, 5) is 8.25. The number of fused-ring (bicyclic) bond motifs is 12. The van der Waals surface area contributed by atoms with Crippen LogP contribution in [0.5, 0.6) is 0 Å². The van der Waals surface area contributed by atoms with Gasteiger partial charge in [0, 0.05) is 50.5 Å². The zero-order valence-electron chi connectivity index (χ0n) is 55.4. The van der Waals surface area contributed by atoms with Gasteiger partial charge in [0.2, 0.25) is 0 Å². The summed E-state index contributed by atoms with van der Waals surface area (Å²) >= 11 is 0. The largest absolute Gasteiger partial charge is 0.468 e. The third kappa shape index (κ3) is 7.79. The van der Waals surface area contributed by atoms with Crippen molar-refractivity contribution in [2.45, 2.75) is 238 Å². The molecule has 86 heavy (non-hydrogen) atoms. The van der Waals surface area contributed by atoms with Crippen molar-refractivity contribution in [3.8, 4) is 11.1 Å². The summed E-state index contributed by atoms with van der Waals surface area (Å²) in [6.45, 7) is 44.1. The molecule has 5 heteroatoms. The maximum Gasteiger partial charge on any atom is 0.297 e. The van der Waals surface area contributed by atoms with Crippen molar-refractivity contribution >= 4 is 79.8 Å². The van der Waals surface area contributed by atoms with E-state index >= 15 is 0 Å². The van der Waals surface area contributed by atoms with Gasteiger partial charge in [-0.05, 0) is 236 Å². The molecule has 4 heterocycles. The van der Waals surface area contributed by atoms with Crippen molar-refractivity contribution in [3.63, 3.8) is 0 Å². The van der Waals surface area contributed by atoms with E-state index in [-0.39, 0.29) is 55.6 Å². The summed E-state index contributed by atoms with van der Waals surface area (Å²) < 4.78 is 7.90. The van der Waals surface area contributed by atoms with Gasteiger partial charge in [-0.15, -0.1) is 0 Å². The minimum atomic E-state index is -0.186. The van der Waals surface area contributed by atoms with Crippen molar-refractivity contribution in [2.75, 3.05) is 14.7 Å². The molecule has 442 valence electrons. The molecule has 7 aromatic carbocycles. The minimum Gasteiger partial charge on any atom is -0.468 e. The van der Waals surface area contributed by atoms with Crippen molar-refractivity contribution < 1.29 is 4.42 Å². The van der Waals surface area contributed by atoms with E-state index in [4.69, 9.17) is 4.42 Å². The lowest BCUT2D eigenvalue weighted by atomic mass is 9.35. The van der Waals surface area contributed by atoms with Crippen LogP contribution in [-0.4, -0.2) is 12.3 Å². The number of para-hydroxylation sites is 1. The lowest BCUT2D eigenvalue weighted by molar-refractivity contribution is 0.195. The lowest BCUT2D eigenvalue weighted by Gasteiger charge is -2.50. The fourth-order valence-corrected chi connectivity index (χ4v) is 18.3. The van der Waals surface area contributed by atoms with Crippen LogP contribution in [0, 0.1) is 6.92 Å². The highest BCUT2D eigenvalue weighted by atomic mass is 16.3. The first kappa shape index (κ1) is 56.1. The average molecular weight is 1140 g/mol. The number of rotatable bonds is 4. The zero-order chi connectivity index (χ0) is 60.6. The highest BCUT2D eigenvalue weighted by Crippen LogP contribution is 2.62. The lowest BCUT2D eigenvalue weighted by Crippen LogP contribution is -2.61. The molecule has 0 saturated heterocycles. The molecule has 0 spiro atoms. The summed E-state index contributed by atoms with van der Waals surface area (Å²) in [5.41, 5.74) is 30.1. The maximum atomic E-state index is 7.90. The first-order chi connectivity index (χ1) is 40.4. The van der Waals surface area contributed by atoms with Crippen LogP contribution >= 0.6 is 0 Å². The Bertz CT molecular complexity index is 4190. The first-order valence-corrected chi connectivity index (χ1v) is 33.2. The molecule has 7 aliphatic rings. The molecule has 0 N–H and O–H groups in total. The Morgan fingerprint density at radius 2 is 0.988 bits per heavy atom. The number of nitrogens with zero attached hydrogens (tertiary/aromatic N) is 3. The third-order valence-electron chi connectivity index (χ3n) is 24.4. The second-order valence-electron chi connectivity index (χ2n) is 33.7. The van der Waals surface area contributed by atoms with Crippen LogP contribution in [0.25, 0.3) is 22.1 Å². The van der Waals surface area contributed by atoms with Gasteiger partial charge in [-0.25, -0.2) is 0 Å². The first-order valence-electron chi connectivity index (χ1n) is 33.2. The summed E-state index contributed by atoms with van der Waals surface area (Å²) in [5.74, 6) is 0. The van der Waals surface area contributed by atoms with Gasteiger partial charge < -0.3 is 19.1 Å². The van der Waals surface area contributed by atoms with Crippen LogP contribution in [0.2, 0.25) is 0 Å². The normalized spacial score (nSPS) is 23.8. The van der Waals surface area contributed by atoms with E-state index in [1.54, 1.807) is 0 Å². The molecule has 2 unspecified atom stereocenters. The number of aryl methyl sites for hydroxylation is 1. The van der Waals surface area contributed by atoms with Gasteiger partial charge in [0.25, 0.3) is 6.71 Å². The van der Waals surface area contributed by atoms with Gasteiger partial charge in [0.1, 0.15) is 5.58 Å². The third-order valence-corrected chi connectivity index (χ3v) is 24.4. The van der Waals surface area contributed by atoms with Gasteiger partial charge in [0.05, 0.1) is 22.6 Å². The van der Waals surface area contributed by atoms with Crippen LogP contribution in [0.4, 0.5) is 45.5 Å². The summed E-state index contributed by atoms with van der Waals surface area (Å²) in [6.07, 6.45) is 11.7. The second-order valence-corrected chi connectivity index (χ2v) is 33.7. The average Bonchev–Trinajstić information content (AvgIpc) is 1.32. The Morgan fingerprint density at radius 1 is 0.442 bits per heavy atom. The fraction of sp³-hybridized carbons (Fsp3) is 0.457. The maximum absolute atomic E-state index is 7.90. The van der Waals surface area contributed by atoms with Crippen molar-refractivity contribution in [1.82, 2.24) is 0 Å². The molecule has 4 aliphatic carbocycles. The van der Waals surface area contributed by atoms with Crippen molar-refractivity contribution in [1.29, 1.82) is 0 Å². The van der Waals surface area contributed by atoms with Crippen LogP contribution in [0.1, 0.15) is 232 Å². The van der Waals surface area contributed by atoms with Crippen LogP contribution in [-0.2, 0) is 43.3 Å². The van der Waals surface area contributed by atoms with E-state index in [1.807, 2.05) is 0 Å². The Balaban J connectivity index is 1.07. The smallest absolute Gasteiger partial charge is 0.297 e. The molecule has 2 atom stereocenters. The SMILES string of the molecule is Cc1cc2c3c(c1)N(c1ccc4c(c1)C(C)(C)CCC4(C)C)c1c(oc4cc5c(cc14)C(C)(C)CCC5(C)C)B3c1ccc(N3c4ccccc4C4(C)CCCCC34C)cc1N2c1cc2c(cc1-c1ccc(C(C)(C)C)cc1)C(C)(C)CCC2(C)C. The highest BCUT2D eigenvalue weighted by Gasteiger charge is 2.58. The standard InChI is InChI=1S/C81H94BN3O/c1-49-41-67-70-68(42-49)84(65-47-61-59(76(9,10)37-39-78(61,13)14)45-54(65)50-25-27-51(28-26-50)73(2,3)4)66-44-53(85-64-24-20-19-23-57(64)80(17)33-21-22-34-81(80,85)18)30-32-63(66)82(70)72-71(55-46-60-62(48-69(55)86-72)79(15,16)40-38-77(60,11)12)83(67)52-29-31-56-58(43-52)75(7,8)36-35-74(56,5)6/h19-20,23-32,41-48H,21-22,33-40H2,1-18H3. The molecule has 0 bridgehead atoms. The zero-order valence-corrected chi connectivity index (χ0v) is 55.4. The van der Waals surface area contributed by atoms with Gasteiger partial charge in [-0.2, -0.15) is 0 Å². The molecule has 0 amide bonds. The molecule has 1 fully saturated rings. The van der Waals surface area contributed by atoms with E-state index in [9.17, 15) is 0 Å². The Kier molecular flexibility index (Phi) is 11.7. The van der Waals surface area contributed by atoms with Crippen LogP contribution < -0.4 is 31.3 Å². The molecular formula is C81H94BN3O. The van der Waals surface area contributed by atoms with E-state index in [0.29, 0.717) is 0 Å². The summed E-state index contributed by atoms with van der Waals surface area (Å²) in [7, 11) is 0. The van der Waals surface area contributed by atoms with Gasteiger partial charge in [0.15, 0.2) is 0 Å². The highest BCUT2D eigenvalue weighted by molar-refractivity contribution is 7.00. The summed E-state index contributed by atoms with van der Waals surface area (Å²) in [6, 6.07) is 49.8. The van der Waals surface area contributed by atoms with E-state index in [0.717, 1.165) is 49.8 Å². The minimum absolute atomic E-state index is 0.00971. The van der Waals surface area contributed by atoms with E-state index in [1.165, 1.54) is 149 Å². The number of anilines is 8. The molecule has 3 aliphatic heterocycles. The quantitative estimate of drug-likeness (QED) is 0.164. The Labute approximate surface area is 516 Å². The van der Waals surface area contributed by atoms with Crippen molar-refractivity contribution in [2.24, 2.45) is 0 Å². The summed E-state index contributed by atoms with van der Waals surface area (Å²) in [5, 5.41) is 1.22. The molecule has 1 saturated carbocycles. The van der Waals surface area contributed by atoms with Crippen LogP contribution in [0.3, 0.4) is 0 Å². The van der Waals surface area contributed by atoms with E-state index < -0.39 is 0 Å². The molecule has 15 rings (SSSR count). The number of benzene rings is 7. The van der Waals surface area contributed by atoms with Crippen LogP contribution in [0.15, 0.2) is 126 Å². The molecule has 1 aromatic heterocycles. The predicted molar refractivity (Wildman–Crippen MR) is 368 cm³/mol. The predicted octanol–water partition coefficient (Wildman–Crippen LogP) is 20.6. The monoisotopic (exact) mass is 1140 g/mol. The number of hydrogen-bond donors (Lipinski definition) is 0. The van der Waals surface area contributed by atoms with Gasteiger partial charge in [-0.3, -0.25) is 0 Å². The Morgan fingerprint density at radius 3 is 1.63 bits per heavy atom. The molecular weight excluding hydrogens is 1040 g/mol. The van der Waals surface area contributed by atoms with Gasteiger partial charge >= 0.3 is 0 Å². The topological polar surface area (TPSA) is 22.9 Å². The Hall–Kier alpha value is -6.46.